The SMILES string of the molecule is CC(C(=O)NCCN1CCNCC1)c1cccnc1. The Hall–Kier alpha value is -1.46. The summed E-state index contributed by atoms with van der Waals surface area (Å²) >= 11 is 0. The third kappa shape index (κ3) is 4.29. The molecule has 2 N–H and O–H groups in total. The van der Waals surface area contributed by atoms with E-state index >= 15 is 0 Å². The van der Waals surface area contributed by atoms with Crippen molar-refractivity contribution in [2.75, 3.05) is 39.3 Å². The van der Waals surface area contributed by atoms with Gasteiger partial charge in [-0.25, -0.2) is 0 Å². The number of nitrogens with one attached hydrogen (secondary N) is 2. The zero-order valence-corrected chi connectivity index (χ0v) is 11.4. The fraction of sp³-hybridized carbons (Fsp3) is 0.571. The number of piperazine rings is 1. The number of amides is 1. The number of hydrogen-bond acceptors (Lipinski definition) is 4. The highest BCUT2D eigenvalue weighted by molar-refractivity contribution is 5.83. The molecule has 0 aliphatic carbocycles. The zero-order valence-electron chi connectivity index (χ0n) is 11.4. The molecule has 1 atom stereocenters. The molecule has 5 nitrogen and oxygen atoms in total. The number of pyridine rings is 1. The molecule has 1 fully saturated rings. The predicted octanol–water partition coefficient (Wildman–Crippen LogP) is 0.207. The molecule has 1 saturated heterocycles. The van der Waals surface area contributed by atoms with Gasteiger partial charge < -0.3 is 10.6 Å². The number of carbonyl (C=O) groups is 1. The highest BCUT2D eigenvalue weighted by Gasteiger charge is 2.15. The topological polar surface area (TPSA) is 57.3 Å². The number of carbonyl (C=O) groups excluding carboxylic acids is 1. The van der Waals surface area contributed by atoms with Crippen molar-refractivity contribution in [3.8, 4) is 0 Å². The van der Waals surface area contributed by atoms with Crippen molar-refractivity contribution in [3.05, 3.63) is 30.1 Å². The van der Waals surface area contributed by atoms with E-state index in [0.717, 1.165) is 38.3 Å². The highest BCUT2D eigenvalue weighted by atomic mass is 16.1. The molecule has 0 bridgehead atoms. The van der Waals surface area contributed by atoms with Crippen LogP contribution in [0.1, 0.15) is 18.4 Å². The minimum absolute atomic E-state index is 0.0723. The Bertz CT molecular complexity index is 390. The summed E-state index contributed by atoms with van der Waals surface area (Å²) in [5.74, 6) is -0.0696. The van der Waals surface area contributed by atoms with E-state index in [1.807, 2.05) is 19.1 Å². The van der Waals surface area contributed by atoms with Crippen LogP contribution in [0.5, 0.6) is 0 Å². The third-order valence-electron chi connectivity index (χ3n) is 3.51. The quantitative estimate of drug-likeness (QED) is 0.796. The second-order valence-corrected chi connectivity index (χ2v) is 4.89. The van der Waals surface area contributed by atoms with E-state index in [1.165, 1.54) is 0 Å². The van der Waals surface area contributed by atoms with Crippen LogP contribution in [0.15, 0.2) is 24.5 Å². The van der Waals surface area contributed by atoms with Gasteiger partial charge in [-0.1, -0.05) is 6.07 Å². The molecule has 19 heavy (non-hydrogen) atoms. The number of hydrogen-bond donors (Lipinski definition) is 2. The van der Waals surface area contributed by atoms with Gasteiger partial charge in [0, 0.05) is 51.7 Å². The molecule has 2 rings (SSSR count). The first-order valence-corrected chi connectivity index (χ1v) is 6.88. The van der Waals surface area contributed by atoms with Crippen LogP contribution in [-0.2, 0) is 4.79 Å². The van der Waals surface area contributed by atoms with Gasteiger partial charge in [0.15, 0.2) is 0 Å². The van der Waals surface area contributed by atoms with E-state index in [1.54, 1.807) is 12.4 Å². The Labute approximate surface area is 114 Å². The van der Waals surface area contributed by atoms with Crippen molar-refractivity contribution in [1.29, 1.82) is 0 Å². The van der Waals surface area contributed by atoms with Gasteiger partial charge in [0.25, 0.3) is 0 Å². The van der Waals surface area contributed by atoms with Crippen molar-refractivity contribution in [2.45, 2.75) is 12.8 Å². The van der Waals surface area contributed by atoms with Crippen LogP contribution in [-0.4, -0.2) is 55.1 Å². The zero-order chi connectivity index (χ0) is 13.5. The second kappa shape index (κ2) is 7.21. The van der Waals surface area contributed by atoms with E-state index in [0.29, 0.717) is 6.54 Å². The van der Waals surface area contributed by atoms with Crippen LogP contribution < -0.4 is 10.6 Å². The molecule has 1 amide bonds. The number of nitrogens with zero attached hydrogens (tertiary/aromatic N) is 2. The first-order valence-electron chi connectivity index (χ1n) is 6.88. The van der Waals surface area contributed by atoms with E-state index in [2.05, 4.69) is 20.5 Å². The van der Waals surface area contributed by atoms with Gasteiger partial charge in [-0.05, 0) is 18.6 Å². The van der Waals surface area contributed by atoms with Crippen molar-refractivity contribution in [3.63, 3.8) is 0 Å². The van der Waals surface area contributed by atoms with Crippen molar-refractivity contribution in [1.82, 2.24) is 20.5 Å². The Kier molecular flexibility index (Phi) is 5.30. The largest absolute Gasteiger partial charge is 0.354 e. The summed E-state index contributed by atoms with van der Waals surface area (Å²) in [5.41, 5.74) is 0.960. The molecule has 0 radical (unpaired) electrons. The fourth-order valence-corrected chi connectivity index (χ4v) is 2.21. The lowest BCUT2D eigenvalue weighted by atomic mass is 10.0. The molecule has 1 aliphatic rings. The minimum atomic E-state index is -0.142. The van der Waals surface area contributed by atoms with Gasteiger partial charge in [0.2, 0.25) is 5.91 Å². The molecular weight excluding hydrogens is 240 g/mol. The maximum Gasteiger partial charge on any atom is 0.227 e. The lowest BCUT2D eigenvalue weighted by molar-refractivity contribution is -0.122. The molecule has 0 aromatic carbocycles. The molecule has 5 heteroatoms. The smallest absolute Gasteiger partial charge is 0.227 e. The Balaban J connectivity index is 1.72. The molecule has 1 aromatic rings. The van der Waals surface area contributed by atoms with Crippen LogP contribution in [0.2, 0.25) is 0 Å². The number of rotatable bonds is 5. The summed E-state index contributed by atoms with van der Waals surface area (Å²) in [5, 5.41) is 6.32. The number of aromatic nitrogens is 1. The fourth-order valence-electron chi connectivity index (χ4n) is 2.21. The average Bonchev–Trinajstić information content (AvgIpc) is 2.48. The highest BCUT2D eigenvalue weighted by Crippen LogP contribution is 2.12. The van der Waals surface area contributed by atoms with E-state index in [-0.39, 0.29) is 11.8 Å². The third-order valence-corrected chi connectivity index (χ3v) is 3.51. The summed E-state index contributed by atoms with van der Waals surface area (Å²) in [4.78, 5) is 18.4. The van der Waals surface area contributed by atoms with Crippen LogP contribution in [0, 0.1) is 0 Å². The first kappa shape index (κ1) is 14.0. The Morgan fingerprint density at radius 2 is 2.32 bits per heavy atom. The monoisotopic (exact) mass is 262 g/mol. The molecular formula is C14H22N4O. The van der Waals surface area contributed by atoms with Gasteiger partial charge in [0.1, 0.15) is 0 Å². The molecule has 2 heterocycles. The van der Waals surface area contributed by atoms with Crippen LogP contribution in [0.3, 0.4) is 0 Å². The van der Waals surface area contributed by atoms with Gasteiger partial charge in [-0.3, -0.25) is 14.7 Å². The summed E-state index contributed by atoms with van der Waals surface area (Å²) in [6.07, 6.45) is 3.47. The standard InChI is InChI=1S/C14H22N4O/c1-12(13-3-2-4-16-11-13)14(19)17-7-10-18-8-5-15-6-9-18/h2-4,11-12,15H,5-10H2,1H3,(H,17,19). The Morgan fingerprint density at radius 3 is 3.00 bits per heavy atom. The normalized spacial score (nSPS) is 17.9. The Morgan fingerprint density at radius 1 is 1.53 bits per heavy atom. The van der Waals surface area contributed by atoms with Gasteiger partial charge in [0.05, 0.1) is 5.92 Å². The molecule has 0 spiro atoms. The van der Waals surface area contributed by atoms with Crippen molar-refractivity contribution in [2.24, 2.45) is 0 Å². The molecule has 1 aliphatic heterocycles. The van der Waals surface area contributed by atoms with E-state index in [4.69, 9.17) is 0 Å². The minimum Gasteiger partial charge on any atom is -0.354 e. The summed E-state index contributed by atoms with van der Waals surface area (Å²) in [7, 11) is 0. The van der Waals surface area contributed by atoms with Crippen LogP contribution in [0.4, 0.5) is 0 Å². The van der Waals surface area contributed by atoms with Gasteiger partial charge in [-0.2, -0.15) is 0 Å². The predicted molar refractivity (Wildman–Crippen MR) is 75.0 cm³/mol. The molecule has 1 unspecified atom stereocenters. The van der Waals surface area contributed by atoms with Gasteiger partial charge >= 0.3 is 0 Å². The second-order valence-electron chi connectivity index (χ2n) is 4.89. The maximum absolute atomic E-state index is 12.0. The van der Waals surface area contributed by atoms with Gasteiger partial charge in [-0.15, -0.1) is 0 Å². The van der Waals surface area contributed by atoms with Crippen LogP contribution >= 0.6 is 0 Å². The molecule has 1 aromatic heterocycles. The lowest BCUT2D eigenvalue weighted by Crippen LogP contribution is -2.46. The lowest BCUT2D eigenvalue weighted by Gasteiger charge is -2.27. The van der Waals surface area contributed by atoms with Crippen molar-refractivity contribution < 1.29 is 4.79 Å². The van der Waals surface area contributed by atoms with Crippen LogP contribution in [0.25, 0.3) is 0 Å². The average molecular weight is 262 g/mol. The summed E-state index contributed by atoms with van der Waals surface area (Å²) in [6.45, 7) is 7.76. The summed E-state index contributed by atoms with van der Waals surface area (Å²) in [6, 6.07) is 3.80. The summed E-state index contributed by atoms with van der Waals surface area (Å²) < 4.78 is 0. The molecule has 104 valence electrons. The molecule has 0 saturated carbocycles. The maximum atomic E-state index is 12.0. The first-order chi connectivity index (χ1) is 9.27. The van der Waals surface area contributed by atoms with Crippen molar-refractivity contribution >= 4 is 5.91 Å². The van der Waals surface area contributed by atoms with E-state index < -0.39 is 0 Å². The van der Waals surface area contributed by atoms with E-state index in [9.17, 15) is 4.79 Å².